The maximum absolute atomic E-state index is 14.8. The summed E-state index contributed by atoms with van der Waals surface area (Å²) >= 11 is -5.76. The van der Waals surface area contributed by atoms with Gasteiger partial charge in [-0.2, -0.15) is 0 Å². The van der Waals surface area contributed by atoms with E-state index in [0.717, 1.165) is 48.3 Å². The number of halogens is 5. The number of allylic oxidation sites excluding steroid dienone is 2. The summed E-state index contributed by atoms with van der Waals surface area (Å²) in [6, 6.07) is 33.4. The molecule has 0 amide bonds. The van der Waals surface area contributed by atoms with Gasteiger partial charge in [-0.1, -0.05) is 0 Å². The van der Waals surface area contributed by atoms with Crippen LogP contribution in [0.15, 0.2) is 96.1 Å². The van der Waals surface area contributed by atoms with Crippen LogP contribution in [0.2, 0.25) is 12.6 Å². The first kappa shape index (κ1) is 51.0. The SMILES string of the molecule is C[SiH](CCC(F)(F)F)[Zr]([Cl])([Cl])([CH]1C(CC2CCCCC2)=Cc2c(-c3ccc(C45CC6CC(CC(C6)C4)C5)cc3)cccc21)[CH]1C(CC2CCCCC2)=Cc2c(-c3ccc(C45CC6CC(CC(C6)C4)C5)cc3)cccc21. The predicted molar refractivity (Wildman–Crippen MR) is 307 cm³/mol. The second-order valence-corrected chi connectivity index (χ2v) is 69.5. The molecule has 8 bridgehead atoms. The molecule has 12 aliphatic carbocycles. The van der Waals surface area contributed by atoms with Crippen LogP contribution in [0.3, 0.4) is 0 Å². The fraction of sp³-hybridized carbons (Fsp3) is 0.588. The van der Waals surface area contributed by atoms with Crippen LogP contribution in [-0.2, 0) is 26.4 Å². The molecule has 0 radical (unpaired) electrons. The number of rotatable bonds is 13. The molecule has 0 spiro atoms. The molecule has 4 aromatic rings. The van der Waals surface area contributed by atoms with Crippen molar-refractivity contribution >= 4 is 35.1 Å². The molecule has 75 heavy (non-hydrogen) atoms. The van der Waals surface area contributed by atoms with E-state index in [1.54, 1.807) is 11.1 Å². The molecule has 397 valence electrons. The van der Waals surface area contributed by atoms with Gasteiger partial charge in [0, 0.05) is 0 Å². The second-order valence-electron chi connectivity index (χ2n) is 28.2. The molecule has 16 rings (SSSR count). The normalized spacial score (nSPS) is 34.0. The number of benzene rings is 4. The zero-order chi connectivity index (χ0) is 50.9. The van der Waals surface area contributed by atoms with E-state index in [1.165, 1.54) is 197 Å². The van der Waals surface area contributed by atoms with Gasteiger partial charge in [0.2, 0.25) is 0 Å². The summed E-state index contributed by atoms with van der Waals surface area (Å²) in [6.45, 7) is 2.21. The average molecular weight is 1150 g/mol. The van der Waals surface area contributed by atoms with E-state index in [4.69, 9.17) is 0 Å². The first-order valence-corrected chi connectivity index (χ1v) is 46.7. The van der Waals surface area contributed by atoms with Crippen LogP contribution < -0.4 is 0 Å². The third-order valence-electron chi connectivity index (χ3n) is 23.4. The Hall–Kier alpha value is -2.17. The van der Waals surface area contributed by atoms with Crippen molar-refractivity contribution in [3.63, 3.8) is 0 Å². The van der Waals surface area contributed by atoms with Gasteiger partial charge in [0.05, 0.1) is 0 Å². The zero-order valence-corrected chi connectivity index (χ0v) is 50.0. The second kappa shape index (κ2) is 19.2. The summed E-state index contributed by atoms with van der Waals surface area (Å²) in [5, 5.41) is 0. The first-order valence-electron chi connectivity index (χ1n) is 30.7. The van der Waals surface area contributed by atoms with Crippen LogP contribution in [0.1, 0.15) is 201 Å². The van der Waals surface area contributed by atoms with Crippen LogP contribution in [0.5, 0.6) is 0 Å². The predicted octanol–water partition coefficient (Wildman–Crippen LogP) is 20.8. The van der Waals surface area contributed by atoms with Crippen molar-refractivity contribution in [3.8, 4) is 22.3 Å². The zero-order valence-electron chi connectivity index (χ0n) is 44.9. The van der Waals surface area contributed by atoms with Crippen molar-refractivity contribution < 1.29 is 28.7 Å². The molecule has 0 heterocycles. The van der Waals surface area contributed by atoms with E-state index < -0.39 is 34.1 Å². The summed E-state index contributed by atoms with van der Waals surface area (Å²) in [7, 11) is 18.6. The molecule has 0 aromatic heterocycles. The third-order valence-corrected chi connectivity index (χ3v) is 73.6. The van der Waals surface area contributed by atoms with E-state index in [1.807, 2.05) is 0 Å². The summed E-state index contributed by atoms with van der Waals surface area (Å²) in [6.07, 6.45) is 30.9. The van der Waals surface area contributed by atoms with Crippen LogP contribution in [0.4, 0.5) is 13.2 Å². The Morgan fingerprint density at radius 3 is 1.21 bits per heavy atom. The summed E-state index contributed by atoms with van der Waals surface area (Å²) in [5.41, 5.74) is 16.3. The Kier molecular flexibility index (Phi) is 13.1. The molecule has 3 atom stereocenters. The van der Waals surface area contributed by atoms with E-state index in [-0.39, 0.29) is 13.3 Å². The maximum atomic E-state index is 14.8. The van der Waals surface area contributed by atoms with Gasteiger partial charge in [0.25, 0.3) is 0 Å². The van der Waals surface area contributed by atoms with Gasteiger partial charge < -0.3 is 0 Å². The van der Waals surface area contributed by atoms with Crippen molar-refractivity contribution in [1.29, 1.82) is 0 Å². The van der Waals surface area contributed by atoms with Gasteiger partial charge in [-0.3, -0.25) is 0 Å². The van der Waals surface area contributed by atoms with Gasteiger partial charge in [-0.05, 0) is 0 Å². The van der Waals surface area contributed by atoms with E-state index in [2.05, 4.69) is 104 Å². The van der Waals surface area contributed by atoms with Crippen molar-refractivity contribution in [1.82, 2.24) is 0 Å². The van der Waals surface area contributed by atoms with E-state index >= 15 is 0 Å². The van der Waals surface area contributed by atoms with Gasteiger partial charge >= 0.3 is 460 Å². The van der Waals surface area contributed by atoms with Crippen LogP contribution in [0, 0.1) is 47.3 Å². The topological polar surface area (TPSA) is 0 Å². The fourth-order valence-electron chi connectivity index (χ4n) is 20.9. The molecule has 10 fully saturated rings. The Labute approximate surface area is 456 Å². The van der Waals surface area contributed by atoms with E-state index in [0.29, 0.717) is 22.7 Å². The molecular weight excluding hydrogens is 1060 g/mol. The van der Waals surface area contributed by atoms with Gasteiger partial charge in [0.15, 0.2) is 0 Å². The number of hydrogen-bond acceptors (Lipinski definition) is 0. The Balaban J connectivity index is 0.896. The molecule has 0 nitrogen and oxygen atoms in total. The van der Waals surface area contributed by atoms with Crippen molar-refractivity contribution in [3.05, 3.63) is 129 Å². The summed E-state index contributed by atoms with van der Waals surface area (Å²) in [4.78, 5) is 0. The van der Waals surface area contributed by atoms with Crippen LogP contribution in [0.25, 0.3) is 34.4 Å². The summed E-state index contributed by atoms with van der Waals surface area (Å²) in [5.74, 6) is 3.85. The number of hydrogen-bond donors (Lipinski definition) is 0. The molecule has 0 saturated heterocycles. The monoisotopic (exact) mass is 1140 g/mol. The van der Waals surface area contributed by atoms with Gasteiger partial charge in [-0.25, -0.2) is 0 Å². The minimum atomic E-state index is -5.76. The van der Waals surface area contributed by atoms with Crippen molar-refractivity contribution in [2.24, 2.45) is 47.3 Å². The molecule has 12 aliphatic rings. The number of alkyl halides is 3. The molecule has 10 saturated carbocycles. The average Bonchev–Trinajstić information content (AvgIpc) is 4.19. The van der Waals surface area contributed by atoms with Gasteiger partial charge in [-0.15, -0.1) is 0 Å². The Morgan fingerprint density at radius 2 is 0.867 bits per heavy atom. The van der Waals surface area contributed by atoms with Crippen molar-refractivity contribution in [2.45, 2.75) is 197 Å². The summed E-state index contributed by atoms with van der Waals surface area (Å²) < 4.78 is 44.0. The van der Waals surface area contributed by atoms with Gasteiger partial charge in [0.1, 0.15) is 0 Å². The standard InChI is InChI=1S/2C32H37.C4H8F3Si.2ClH.Zr/c2*1-2-5-22(6-3-1)13-23-17-28-7-4-8-30(31(28)18-23)27-9-11-29(12-10-27)32-19-24-14-25(20-32)16-26(15-24)21-32;1-8-3-2-4(5,6)7;;;/h2*4,7-12,17-18,22,24-26H,1-3,5-6,13-16,19-21H2;8H,2-3H2,1H3;2*1H;/q;;;;;+2/p-2. The van der Waals surface area contributed by atoms with Crippen LogP contribution in [-0.4, -0.2) is 12.1 Å². The Bertz CT molecular complexity index is 2630. The molecule has 7 heteroatoms. The fourth-order valence-corrected chi connectivity index (χ4v) is 60.9. The van der Waals surface area contributed by atoms with Crippen molar-refractivity contribution in [2.75, 3.05) is 0 Å². The van der Waals surface area contributed by atoms with Crippen LogP contribution >= 0.6 is 17.0 Å². The van der Waals surface area contributed by atoms with E-state index in [9.17, 15) is 30.2 Å². The Morgan fingerprint density at radius 1 is 0.507 bits per heavy atom. The minimum absolute atomic E-state index is 0.0871. The number of fused-ring (bicyclic) bond motifs is 2. The molecule has 4 aromatic carbocycles. The quantitative estimate of drug-likeness (QED) is 0.117. The molecule has 3 unspecified atom stereocenters. The molecule has 0 aliphatic heterocycles. The first-order chi connectivity index (χ1) is 36.2. The molecule has 0 N–H and O–H groups in total. The molecular formula is C68H82Cl2F3SiZr. The third kappa shape index (κ3) is 8.95.